The van der Waals surface area contributed by atoms with Gasteiger partial charge < -0.3 is 19.5 Å². The van der Waals surface area contributed by atoms with E-state index in [2.05, 4.69) is 10.2 Å². The summed E-state index contributed by atoms with van der Waals surface area (Å²) in [4.78, 5) is 15.5. The molecule has 3 aromatic carbocycles. The summed E-state index contributed by atoms with van der Waals surface area (Å²) in [5.74, 6) is 1.20. The largest absolute Gasteiger partial charge is 0.507 e. The first-order valence-electron chi connectivity index (χ1n) is 12.1. The average molecular weight is 552 g/mol. The Morgan fingerprint density at radius 1 is 1.00 bits per heavy atom. The minimum Gasteiger partial charge on any atom is -0.507 e. The molecular formula is C29H27Cl2N3O4. The Labute approximate surface area is 230 Å². The Morgan fingerprint density at radius 2 is 1.76 bits per heavy atom. The Bertz CT molecular complexity index is 1530. The standard InChI is InChI=1S/C29H27Cl2N3O4/c1-15-11-16(2)24(21(35)12-15)26-25-27(33-32-26)29(36)34(28(25)18-6-7-19(30)20(31)14-18)10-9-17-5-8-22(37-3)23(13-17)38-4/h5-8,11-14,28,35H,9-10H2,1-4H3,(H,32,33). The van der Waals surface area contributed by atoms with E-state index in [9.17, 15) is 9.90 Å². The van der Waals surface area contributed by atoms with E-state index in [1.807, 2.05) is 44.2 Å². The quantitative estimate of drug-likeness (QED) is 0.273. The number of methoxy groups -OCH3 is 2. The second-order valence-electron chi connectivity index (χ2n) is 9.35. The van der Waals surface area contributed by atoms with E-state index in [-0.39, 0.29) is 11.7 Å². The van der Waals surface area contributed by atoms with Gasteiger partial charge in [0, 0.05) is 17.7 Å². The molecule has 0 aliphatic carbocycles. The number of carbonyl (C=O) groups is 1. The summed E-state index contributed by atoms with van der Waals surface area (Å²) in [6.45, 7) is 4.26. The summed E-state index contributed by atoms with van der Waals surface area (Å²) in [5, 5.41) is 19.1. The maximum Gasteiger partial charge on any atom is 0.273 e. The molecule has 1 unspecified atom stereocenters. The van der Waals surface area contributed by atoms with Crippen LogP contribution >= 0.6 is 23.2 Å². The Morgan fingerprint density at radius 3 is 2.45 bits per heavy atom. The molecule has 0 fully saturated rings. The highest BCUT2D eigenvalue weighted by Crippen LogP contribution is 2.46. The number of nitrogens with one attached hydrogen (secondary N) is 1. The number of halogens is 2. The molecule has 9 heteroatoms. The zero-order chi connectivity index (χ0) is 27.1. The molecule has 0 spiro atoms. The molecule has 1 aliphatic rings. The summed E-state index contributed by atoms with van der Waals surface area (Å²) >= 11 is 12.6. The third kappa shape index (κ3) is 4.46. The predicted molar refractivity (Wildman–Crippen MR) is 148 cm³/mol. The molecule has 1 amide bonds. The lowest BCUT2D eigenvalue weighted by Gasteiger charge is -2.27. The molecule has 1 atom stereocenters. The fraction of sp³-hybridized carbons (Fsp3) is 0.241. The minimum absolute atomic E-state index is 0.112. The molecular weight excluding hydrogens is 525 g/mol. The summed E-state index contributed by atoms with van der Waals surface area (Å²) in [6.07, 6.45) is 0.575. The van der Waals surface area contributed by atoms with Gasteiger partial charge in [-0.2, -0.15) is 5.10 Å². The molecule has 7 nitrogen and oxygen atoms in total. The van der Waals surface area contributed by atoms with Crippen LogP contribution in [0.4, 0.5) is 0 Å². The van der Waals surface area contributed by atoms with Crippen molar-refractivity contribution in [3.8, 4) is 28.5 Å². The Kier molecular flexibility index (Phi) is 6.99. The van der Waals surface area contributed by atoms with Crippen molar-refractivity contribution in [2.75, 3.05) is 20.8 Å². The van der Waals surface area contributed by atoms with Gasteiger partial charge in [0.05, 0.1) is 30.3 Å². The van der Waals surface area contributed by atoms with E-state index < -0.39 is 6.04 Å². The lowest BCUT2D eigenvalue weighted by atomic mass is 9.93. The molecule has 196 valence electrons. The summed E-state index contributed by atoms with van der Waals surface area (Å²) < 4.78 is 10.8. The van der Waals surface area contributed by atoms with Gasteiger partial charge in [-0.25, -0.2) is 0 Å². The smallest absolute Gasteiger partial charge is 0.273 e. The van der Waals surface area contributed by atoms with Crippen molar-refractivity contribution in [3.05, 3.63) is 92.1 Å². The van der Waals surface area contributed by atoms with E-state index in [1.54, 1.807) is 37.3 Å². The van der Waals surface area contributed by atoms with E-state index in [0.29, 0.717) is 57.0 Å². The highest BCUT2D eigenvalue weighted by atomic mass is 35.5. The molecule has 2 heterocycles. The van der Waals surface area contributed by atoms with Crippen LogP contribution in [0.2, 0.25) is 10.0 Å². The van der Waals surface area contributed by atoms with Crippen LogP contribution in [0, 0.1) is 13.8 Å². The predicted octanol–water partition coefficient (Wildman–Crippen LogP) is 6.51. The molecule has 1 aromatic heterocycles. The summed E-state index contributed by atoms with van der Waals surface area (Å²) in [5.41, 5.74) is 5.80. The number of aromatic hydroxyl groups is 1. The van der Waals surface area contributed by atoms with Gasteiger partial charge in [0.25, 0.3) is 5.91 Å². The normalized spacial score (nSPS) is 14.6. The highest BCUT2D eigenvalue weighted by Gasteiger charge is 2.42. The molecule has 4 aromatic rings. The Hall–Kier alpha value is -3.68. The first-order valence-corrected chi connectivity index (χ1v) is 12.8. The molecule has 0 radical (unpaired) electrons. The second-order valence-corrected chi connectivity index (χ2v) is 10.2. The summed E-state index contributed by atoms with van der Waals surface area (Å²) in [6, 6.07) is 14.3. The summed E-state index contributed by atoms with van der Waals surface area (Å²) in [7, 11) is 3.19. The van der Waals surface area contributed by atoms with Crippen LogP contribution in [-0.2, 0) is 6.42 Å². The van der Waals surface area contributed by atoms with Crippen LogP contribution in [0.5, 0.6) is 17.2 Å². The number of aromatic nitrogens is 2. The van der Waals surface area contributed by atoms with Crippen molar-refractivity contribution >= 4 is 29.1 Å². The number of aryl methyl sites for hydroxylation is 2. The van der Waals surface area contributed by atoms with Gasteiger partial charge >= 0.3 is 0 Å². The van der Waals surface area contributed by atoms with Gasteiger partial charge in [0.15, 0.2) is 11.5 Å². The maximum atomic E-state index is 13.7. The highest BCUT2D eigenvalue weighted by molar-refractivity contribution is 6.42. The maximum absolute atomic E-state index is 13.7. The van der Waals surface area contributed by atoms with Gasteiger partial charge in [-0.05, 0) is 72.9 Å². The number of phenolic OH excluding ortho intramolecular Hbond substituents is 1. The fourth-order valence-electron chi connectivity index (χ4n) is 5.19. The van der Waals surface area contributed by atoms with Crippen LogP contribution in [0.3, 0.4) is 0 Å². The van der Waals surface area contributed by atoms with Crippen molar-refractivity contribution in [1.82, 2.24) is 15.1 Å². The number of H-pyrrole nitrogens is 1. The van der Waals surface area contributed by atoms with Crippen LogP contribution in [0.15, 0.2) is 48.5 Å². The topological polar surface area (TPSA) is 87.7 Å². The van der Waals surface area contributed by atoms with Crippen molar-refractivity contribution in [2.24, 2.45) is 0 Å². The zero-order valence-corrected chi connectivity index (χ0v) is 22.9. The van der Waals surface area contributed by atoms with Crippen molar-refractivity contribution in [1.29, 1.82) is 0 Å². The molecule has 0 saturated heterocycles. The third-order valence-corrected chi connectivity index (χ3v) is 7.65. The van der Waals surface area contributed by atoms with Gasteiger partial charge in [-0.3, -0.25) is 9.89 Å². The molecule has 5 rings (SSSR count). The van der Waals surface area contributed by atoms with E-state index in [1.165, 1.54) is 0 Å². The number of phenols is 1. The SMILES string of the molecule is COc1ccc(CCN2C(=O)c3[nH]nc(-c4c(C)cc(C)cc4O)c3C2c2ccc(Cl)c(Cl)c2)cc1OC. The number of ether oxygens (including phenoxy) is 2. The van der Waals surface area contributed by atoms with Crippen molar-refractivity contribution in [3.63, 3.8) is 0 Å². The second kappa shape index (κ2) is 10.2. The van der Waals surface area contributed by atoms with E-state index in [4.69, 9.17) is 32.7 Å². The zero-order valence-electron chi connectivity index (χ0n) is 21.4. The lowest BCUT2D eigenvalue weighted by Crippen LogP contribution is -2.31. The van der Waals surface area contributed by atoms with Crippen LogP contribution in [0.25, 0.3) is 11.3 Å². The third-order valence-electron chi connectivity index (χ3n) is 6.91. The minimum atomic E-state index is -0.485. The number of benzene rings is 3. The number of amides is 1. The van der Waals surface area contributed by atoms with Gasteiger partial charge in [-0.15, -0.1) is 0 Å². The lowest BCUT2D eigenvalue weighted by molar-refractivity contribution is 0.0746. The van der Waals surface area contributed by atoms with E-state index in [0.717, 1.165) is 22.3 Å². The number of fused-ring (bicyclic) bond motifs is 1. The monoisotopic (exact) mass is 551 g/mol. The number of hydrogen-bond acceptors (Lipinski definition) is 5. The first kappa shape index (κ1) is 25.9. The number of nitrogens with zero attached hydrogens (tertiary/aromatic N) is 2. The fourth-order valence-corrected chi connectivity index (χ4v) is 5.49. The van der Waals surface area contributed by atoms with Crippen LogP contribution in [-0.4, -0.2) is 46.9 Å². The molecule has 2 N–H and O–H groups in total. The number of hydrogen-bond donors (Lipinski definition) is 2. The Balaban J connectivity index is 1.59. The molecule has 0 bridgehead atoms. The number of rotatable bonds is 7. The van der Waals surface area contributed by atoms with Crippen molar-refractivity contribution in [2.45, 2.75) is 26.3 Å². The van der Waals surface area contributed by atoms with Crippen LogP contribution < -0.4 is 9.47 Å². The number of carbonyl (C=O) groups excluding carboxylic acids is 1. The average Bonchev–Trinajstić information content (AvgIpc) is 3.42. The van der Waals surface area contributed by atoms with Gasteiger partial charge in [-0.1, -0.05) is 41.4 Å². The van der Waals surface area contributed by atoms with Crippen molar-refractivity contribution < 1.29 is 19.4 Å². The molecule has 38 heavy (non-hydrogen) atoms. The molecule has 1 aliphatic heterocycles. The first-order chi connectivity index (χ1) is 18.2. The van der Waals surface area contributed by atoms with Gasteiger partial charge in [0.2, 0.25) is 0 Å². The van der Waals surface area contributed by atoms with E-state index >= 15 is 0 Å². The number of aromatic amines is 1. The van der Waals surface area contributed by atoms with Gasteiger partial charge in [0.1, 0.15) is 17.1 Å². The molecule has 0 saturated carbocycles. The van der Waals surface area contributed by atoms with Crippen LogP contribution in [0.1, 0.15) is 44.3 Å².